The van der Waals surface area contributed by atoms with Crippen molar-refractivity contribution in [2.24, 2.45) is 0 Å². The van der Waals surface area contributed by atoms with Crippen molar-refractivity contribution in [1.29, 1.82) is 0 Å². The number of H-pyrrole nitrogens is 1. The molecule has 0 spiro atoms. The Bertz CT molecular complexity index is 685. The summed E-state index contributed by atoms with van der Waals surface area (Å²) in [5.41, 5.74) is -0.996. The molecule has 1 N–H and O–H groups in total. The van der Waals surface area contributed by atoms with Crippen LogP contribution >= 0.6 is 23.2 Å². The summed E-state index contributed by atoms with van der Waals surface area (Å²) in [7, 11) is 0. The van der Waals surface area contributed by atoms with Crippen molar-refractivity contribution >= 4 is 29.0 Å². The van der Waals surface area contributed by atoms with Crippen LogP contribution in [0.2, 0.25) is 10.0 Å². The van der Waals surface area contributed by atoms with Gasteiger partial charge in [-0.2, -0.15) is 13.2 Å². The summed E-state index contributed by atoms with van der Waals surface area (Å²) in [5.74, 6) is -0.410. The zero-order valence-electron chi connectivity index (χ0n) is 9.33. The predicted octanol–water partition coefficient (Wildman–Crippen LogP) is 4.31. The molecule has 0 saturated heterocycles. The molecule has 0 saturated carbocycles. The first kappa shape index (κ1) is 14.6. The van der Waals surface area contributed by atoms with Gasteiger partial charge in [0.15, 0.2) is 0 Å². The summed E-state index contributed by atoms with van der Waals surface area (Å²) in [5, 5.41) is 15.2. The van der Waals surface area contributed by atoms with Gasteiger partial charge in [0, 0.05) is 5.56 Å². The quantitative estimate of drug-likeness (QED) is 0.660. The van der Waals surface area contributed by atoms with Crippen LogP contribution in [0.25, 0.3) is 11.3 Å². The van der Waals surface area contributed by atoms with Gasteiger partial charge in [-0.15, -0.1) is 5.10 Å². The third kappa shape index (κ3) is 2.56. The van der Waals surface area contributed by atoms with Gasteiger partial charge in [0.05, 0.1) is 21.7 Å². The zero-order chi connectivity index (χ0) is 15.1. The number of rotatable bonds is 2. The highest BCUT2D eigenvalue weighted by Crippen LogP contribution is 2.42. The number of hydrogen-bond donors (Lipinski definition) is 1. The average Bonchev–Trinajstić information content (AvgIpc) is 2.80. The van der Waals surface area contributed by atoms with E-state index in [9.17, 15) is 23.3 Å². The summed E-state index contributed by atoms with van der Waals surface area (Å²) in [6.07, 6.45) is -4.64. The van der Waals surface area contributed by atoms with Gasteiger partial charge in [-0.05, 0) is 11.0 Å². The Labute approximate surface area is 119 Å². The lowest BCUT2D eigenvalue weighted by Gasteiger charge is -2.11. The molecule has 1 aromatic heterocycles. The van der Waals surface area contributed by atoms with E-state index in [1.165, 1.54) is 0 Å². The SMILES string of the molecule is O=[N+]([O-])c1cc(-c2ccc(C(F)(F)F)c(Cl)c2Cl)n[nH]1. The van der Waals surface area contributed by atoms with E-state index in [-0.39, 0.29) is 16.3 Å². The molecule has 0 radical (unpaired) electrons. The van der Waals surface area contributed by atoms with Crippen LogP contribution in [-0.4, -0.2) is 15.1 Å². The monoisotopic (exact) mass is 325 g/mol. The van der Waals surface area contributed by atoms with Crippen molar-refractivity contribution < 1.29 is 18.1 Å². The molecule has 0 bridgehead atoms. The number of aromatic amines is 1. The molecule has 0 amide bonds. The maximum Gasteiger partial charge on any atom is 0.417 e. The Hall–Kier alpha value is -1.80. The van der Waals surface area contributed by atoms with Crippen LogP contribution < -0.4 is 0 Å². The minimum Gasteiger partial charge on any atom is -0.358 e. The second kappa shape index (κ2) is 4.95. The number of nitrogens with one attached hydrogen (secondary N) is 1. The molecule has 0 aliphatic carbocycles. The van der Waals surface area contributed by atoms with Gasteiger partial charge < -0.3 is 10.1 Å². The van der Waals surface area contributed by atoms with E-state index in [1.807, 2.05) is 0 Å². The standard InChI is InChI=1S/C10H4Cl2F3N3O2/c11-8-4(6-3-7(17-16-6)18(19)20)1-2-5(9(8)12)10(13,14)15/h1-3H,(H,16,17). The molecular weight excluding hydrogens is 322 g/mol. The maximum absolute atomic E-state index is 12.6. The van der Waals surface area contributed by atoms with Gasteiger partial charge in [0.25, 0.3) is 0 Å². The lowest BCUT2D eigenvalue weighted by atomic mass is 10.1. The fourth-order valence-corrected chi connectivity index (χ4v) is 2.04. The van der Waals surface area contributed by atoms with E-state index in [1.54, 1.807) is 0 Å². The number of nitrogens with zero attached hydrogens (tertiary/aromatic N) is 2. The third-order valence-corrected chi connectivity index (χ3v) is 3.31. The van der Waals surface area contributed by atoms with Gasteiger partial charge in [0.2, 0.25) is 0 Å². The first-order valence-electron chi connectivity index (χ1n) is 4.97. The van der Waals surface area contributed by atoms with Gasteiger partial charge >= 0.3 is 12.0 Å². The maximum atomic E-state index is 12.6. The van der Waals surface area contributed by atoms with Crippen molar-refractivity contribution in [3.63, 3.8) is 0 Å². The Kier molecular flexibility index (Phi) is 3.61. The van der Waals surface area contributed by atoms with Crippen LogP contribution in [-0.2, 0) is 6.18 Å². The largest absolute Gasteiger partial charge is 0.417 e. The van der Waals surface area contributed by atoms with Crippen molar-refractivity contribution in [2.45, 2.75) is 6.18 Å². The number of hydrogen-bond acceptors (Lipinski definition) is 3. The van der Waals surface area contributed by atoms with Crippen LogP contribution in [0, 0.1) is 10.1 Å². The molecule has 1 aromatic carbocycles. The number of halogens is 5. The Morgan fingerprint density at radius 2 is 1.90 bits per heavy atom. The smallest absolute Gasteiger partial charge is 0.358 e. The van der Waals surface area contributed by atoms with Crippen LogP contribution in [0.4, 0.5) is 19.0 Å². The topological polar surface area (TPSA) is 71.8 Å². The lowest BCUT2D eigenvalue weighted by Crippen LogP contribution is -2.06. The molecular formula is C10H4Cl2F3N3O2. The molecule has 5 nitrogen and oxygen atoms in total. The van der Waals surface area contributed by atoms with E-state index in [4.69, 9.17) is 23.2 Å². The van der Waals surface area contributed by atoms with Crippen molar-refractivity contribution in [2.75, 3.05) is 0 Å². The van der Waals surface area contributed by atoms with E-state index < -0.39 is 27.5 Å². The highest BCUT2D eigenvalue weighted by Gasteiger charge is 2.34. The Balaban J connectivity index is 2.53. The van der Waals surface area contributed by atoms with E-state index in [0.29, 0.717) is 0 Å². The van der Waals surface area contributed by atoms with E-state index in [2.05, 4.69) is 10.2 Å². The molecule has 0 fully saturated rings. The van der Waals surface area contributed by atoms with Gasteiger partial charge in [-0.3, -0.25) is 0 Å². The molecule has 0 aliphatic rings. The summed E-state index contributed by atoms with van der Waals surface area (Å²) in [4.78, 5) is 9.78. The Morgan fingerprint density at radius 1 is 1.25 bits per heavy atom. The number of aromatic nitrogens is 2. The normalized spacial score (nSPS) is 11.7. The first-order valence-corrected chi connectivity index (χ1v) is 5.72. The lowest BCUT2D eigenvalue weighted by molar-refractivity contribution is -0.389. The summed E-state index contributed by atoms with van der Waals surface area (Å²) >= 11 is 11.4. The van der Waals surface area contributed by atoms with Gasteiger partial charge in [-0.1, -0.05) is 34.4 Å². The highest BCUT2D eigenvalue weighted by atomic mass is 35.5. The van der Waals surface area contributed by atoms with Crippen molar-refractivity contribution in [3.8, 4) is 11.3 Å². The fraction of sp³-hybridized carbons (Fsp3) is 0.100. The summed E-state index contributed by atoms with van der Waals surface area (Å²) < 4.78 is 37.9. The van der Waals surface area contributed by atoms with E-state index >= 15 is 0 Å². The van der Waals surface area contributed by atoms with E-state index in [0.717, 1.165) is 18.2 Å². The second-order valence-electron chi connectivity index (χ2n) is 3.68. The fourth-order valence-electron chi connectivity index (χ4n) is 1.51. The minimum absolute atomic E-state index is 0.0253. The van der Waals surface area contributed by atoms with Crippen LogP contribution in [0.1, 0.15) is 5.56 Å². The number of benzene rings is 1. The summed E-state index contributed by atoms with van der Waals surface area (Å²) in [6, 6.07) is 2.84. The van der Waals surface area contributed by atoms with Gasteiger partial charge in [0.1, 0.15) is 5.69 Å². The number of nitro groups is 1. The van der Waals surface area contributed by atoms with Gasteiger partial charge in [-0.25, -0.2) is 0 Å². The van der Waals surface area contributed by atoms with Crippen molar-refractivity contribution in [3.05, 3.63) is 43.9 Å². The minimum atomic E-state index is -4.64. The highest BCUT2D eigenvalue weighted by molar-refractivity contribution is 6.44. The average molecular weight is 326 g/mol. The number of alkyl halides is 3. The molecule has 20 heavy (non-hydrogen) atoms. The van der Waals surface area contributed by atoms with Crippen LogP contribution in [0.5, 0.6) is 0 Å². The molecule has 106 valence electrons. The Morgan fingerprint density at radius 3 is 2.40 bits per heavy atom. The molecule has 2 aromatic rings. The zero-order valence-corrected chi connectivity index (χ0v) is 10.8. The van der Waals surface area contributed by atoms with Crippen molar-refractivity contribution in [1.82, 2.24) is 10.2 Å². The molecule has 0 unspecified atom stereocenters. The predicted molar refractivity (Wildman–Crippen MR) is 65.7 cm³/mol. The molecule has 1 heterocycles. The molecule has 0 atom stereocenters. The second-order valence-corrected chi connectivity index (χ2v) is 4.44. The van der Waals surface area contributed by atoms with Crippen LogP contribution in [0.15, 0.2) is 18.2 Å². The molecule has 0 aliphatic heterocycles. The third-order valence-electron chi connectivity index (χ3n) is 2.42. The summed E-state index contributed by atoms with van der Waals surface area (Å²) in [6.45, 7) is 0. The molecule has 10 heteroatoms. The molecule has 2 rings (SSSR count). The first-order chi connectivity index (χ1) is 9.21. The van der Waals surface area contributed by atoms with Crippen LogP contribution in [0.3, 0.4) is 0 Å².